The highest BCUT2D eigenvalue weighted by molar-refractivity contribution is 8.14. The van der Waals surface area contributed by atoms with Gasteiger partial charge < -0.3 is 5.11 Å². The molecule has 2 aromatic rings. The molecule has 1 aromatic carbocycles. The van der Waals surface area contributed by atoms with Crippen molar-refractivity contribution in [2.75, 3.05) is 6.61 Å². The third kappa shape index (κ3) is 3.98. The average molecular weight is 258 g/mol. The average Bonchev–Trinajstić information content (AvgIpc) is 2.45. The lowest BCUT2D eigenvalue weighted by Gasteiger charge is -2.03. The number of thioether (sulfide) groups is 1. The summed E-state index contributed by atoms with van der Waals surface area (Å²) in [6.07, 6.45) is 3.52. The second kappa shape index (κ2) is 6.93. The highest BCUT2D eigenvalue weighted by Crippen LogP contribution is 2.19. The van der Waals surface area contributed by atoms with Gasteiger partial charge in [0.2, 0.25) is 0 Å². The smallest absolute Gasteiger partial charge is 0.0982 e. The molecule has 0 fully saturated rings. The van der Waals surface area contributed by atoms with Crippen molar-refractivity contribution < 1.29 is 5.11 Å². The third-order valence-electron chi connectivity index (χ3n) is 2.27. The van der Waals surface area contributed by atoms with E-state index < -0.39 is 0 Å². The van der Waals surface area contributed by atoms with Crippen molar-refractivity contribution in [3.8, 4) is 0 Å². The minimum Gasteiger partial charge on any atom is -0.389 e. The molecular formula is C14H14N2OS. The zero-order chi connectivity index (χ0) is 12.6. The molecule has 0 aliphatic carbocycles. The van der Waals surface area contributed by atoms with Crippen LogP contribution < -0.4 is 0 Å². The van der Waals surface area contributed by atoms with E-state index in [1.54, 1.807) is 12.4 Å². The Morgan fingerprint density at radius 2 is 2.00 bits per heavy atom. The zero-order valence-corrected chi connectivity index (χ0v) is 10.7. The molecule has 0 amide bonds. The first kappa shape index (κ1) is 12.8. The molecule has 4 heteroatoms. The third-order valence-corrected chi connectivity index (χ3v) is 3.28. The molecule has 0 aliphatic rings. The van der Waals surface area contributed by atoms with Gasteiger partial charge in [0, 0.05) is 17.3 Å². The highest BCUT2D eigenvalue weighted by Gasteiger charge is 2.00. The molecule has 0 bridgehead atoms. The second-order valence-electron chi connectivity index (χ2n) is 3.64. The fourth-order valence-corrected chi connectivity index (χ4v) is 2.17. The van der Waals surface area contributed by atoms with Crippen LogP contribution in [0.15, 0.2) is 64.7 Å². The SMILES string of the molecule is OCC(=NCc1cccnc1)Sc1ccccc1. The van der Waals surface area contributed by atoms with E-state index in [0.717, 1.165) is 10.5 Å². The molecule has 0 saturated heterocycles. The molecule has 2 rings (SSSR count). The van der Waals surface area contributed by atoms with E-state index in [0.29, 0.717) is 11.6 Å². The normalized spacial score (nSPS) is 11.5. The Morgan fingerprint density at radius 3 is 2.67 bits per heavy atom. The molecular weight excluding hydrogens is 244 g/mol. The van der Waals surface area contributed by atoms with Crippen LogP contribution >= 0.6 is 11.8 Å². The number of nitrogens with zero attached hydrogens (tertiary/aromatic N) is 2. The van der Waals surface area contributed by atoms with Gasteiger partial charge in [-0.2, -0.15) is 0 Å². The molecule has 1 N–H and O–H groups in total. The number of aliphatic imine (C=N–C) groups is 1. The Balaban J connectivity index is 2.00. The fraction of sp³-hybridized carbons (Fsp3) is 0.143. The zero-order valence-electron chi connectivity index (χ0n) is 9.86. The number of hydrogen-bond acceptors (Lipinski definition) is 4. The molecule has 0 atom stereocenters. The highest BCUT2D eigenvalue weighted by atomic mass is 32.2. The van der Waals surface area contributed by atoms with Crippen LogP contribution in [0.2, 0.25) is 0 Å². The Bertz CT molecular complexity index is 500. The van der Waals surface area contributed by atoms with Crippen molar-refractivity contribution in [2.45, 2.75) is 11.4 Å². The topological polar surface area (TPSA) is 45.5 Å². The van der Waals surface area contributed by atoms with Gasteiger partial charge >= 0.3 is 0 Å². The Hall–Kier alpha value is -1.65. The van der Waals surface area contributed by atoms with E-state index in [4.69, 9.17) is 0 Å². The van der Waals surface area contributed by atoms with Crippen LogP contribution in [0.5, 0.6) is 0 Å². The van der Waals surface area contributed by atoms with Crippen LogP contribution in [-0.2, 0) is 6.54 Å². The maximum Gasteiger partial charge on any atom is 0.0982 e. The lowest BCUT2D eigenvalue weighted by molar-refractivity contribution is 0.360. The number of hydrogen-bond donors (Lipinski definition) is 1. The summed E-state index contributed by atoms with van der Waals surface area (Å²) < 4.78 is 0. The molecule has 1 aromatic heterocycles. The minimum atomic E-state index is -0.0418. The first-order chi connectivity index (χ1) is 8.88. The van der Waals surface area contributed by atoms with Crippen molar-refractivity contribution >= 4 is 16.8 Å². The molecule has 0 unspecified atom stereocenters. The monoisotopic (exact) mass is 258 g/mol. The van der Waals surface area contributed by atoms with E-state index in [2.05, 4.69) is 9.98 Å². The quantitative estimate of drug-likeness (QED) is 0.521. The van der Waals surface area contributed by atoms with Gasteiger partial charge in [-0.05, 0) is 23.8 Å². The van der Waals surface area contributed by atoms with Crippen molar-refractivity contribution in [3.63, 3.8) is 0 Å². The van der Waals surface area contributed by atoms with Gasteiger partial charge in [-0.1, -0.05) is 36.0 Å². The summed E-state index contributed by atoms with van der Waals surface area (Å²) in [6, 6.07) is 13.8. The molecule has 92 valence electrons. The maximum atomic E-state index is 9.30. The van der Waals surface area contributed by atoms with Crippen LogP contribution in [-0.4, -0.2) is 21.7 Å². The minimum absolute atomic E-state index is 0.0418. The summed E-state index contributed by atoms with van der Waals surface area (Å²) in [5, 5.41) is 10.0. The van der Waals surface area contributed by atoms with Crippen molar-refractivity contribution in [1.82, 2.24) is 4.98 Å². The number of rotatable bonds is 4. The van der Waals surface area contributed by atoms with Crippen LogP contribution in [0.4, 0.5) is 0 Å². The predicted octanol–water partition coefficient (Wildman–Crippen LogP) is 2.76. The van der Waals surface area contributed by atoms with Crippen LogP contribution in [0.3, 0.4) is 0 Å². The standard InChI is InChI=1S/C14H14N2OS/c17-11-14(18-13-6-2-1-3-7-13)16-10-12-5-4-8-15-9-12/h1-9,17H,10-11H2. The van der Waals surface area contributed by atoms with Gasteiger partial charge in [0.15, 0.2) is 0 Å². The molecule has 0 aliphatic heterocycles. The van der Waals surface area contributed by atoms with E-state index >= 15 is 0 Å². The van der Waals surface area contributed by atoms with Gasteiger partial charge in [-0.3, -0.25) is 9.98 Å². The summed E-state index contributed by atoms with van der Waals surface area (Å²) in [4.78, 5) is 9.51. The number of benzene rings is 1. The van der Waals surface area contributed by atoms with Crippen LogP contribution in [0.1, 0.15) is 5.56 Å². The molecule has 1 heterocycles. The summed E-state index contributed by atoms with van der Waals surface area (Å²) in [5.74, 6) is 0. The summed E-state index contributed by atoms with van der Waals surface area (Å²) >= 11 is 1.49. The number of aromatic nitrogens is 1. The maximum absolute atomic E-state index is 9.30. The molecule has 0 saturated carbocycles. The van der Waals surface area contributed by atoms with Crippen molar-refractivity contribution in [3.05, 3.63) is 60.4 Å². The summed E-state index contributed by atoms with van der Waals surface area (Å²) in [7, 11) is 0. The van der Waals surface area contributed by atoms with Crippen LogP contribution in [0, 0.1) is 0 Å². The second-order valence-corrected chi connectivity index (χ2v) is 4.79. The lowest BCUT2D eigenvalue weighted by Crippen LogP contribution is -2.00. The Kier molecular flexibility index (Phi) is 4.93. The lowest BCUT2D eigenvalue weighted by atomic mass is 10.3. The fourth-order valence-electron chi connectivity index (χ4n) is 1.41. The Morgan fingerprint density at radius 1 is 1.17 bits per heavy atom. The molecule has 0 spiro atoms. The van der Waals surface area contributed by atoms with Gasteiger partial charge in [-0.25, -0.2) is 0 Å². The van der Waals surface area contributed by atoms with Gasteiger partial charge in [0.25, 0.3) is 0 Å². The number of pyridine rings is 1. The first-order valence-electron chi connectivity index (χ1n) is 5.64. The summed E-state index contributed by atoms with van der Waals surface area (Å²) in [5.41, 5.74) is 1.04. The predicted molar refractivity (Wildman–Crippen MR) is 74.8 cm³/mol. The van der Waals surface area contributed by atoms with Gasteiger partial charge in [-0.15, -0.1) is 0 Å². The Labute approximate surface area is 111 Å². The van der Waals surface area contributed by atoms with Gasteiger partial charge in [0.05, 0.1) is 18.2 Å². The number of aliphatic hydroxyl groups excluding tert-OH is 1. The number of aliphatic hydroxyl groups is 1. The summed E-state index contributed by atoms with van der Waals surface area (Å²) in [6.45, 7) is 0.503. The van der Waals surface area contributed by atoms with Crippen molar-refractivity contribution in [1.29, 1.82) is 0 Å². The largest absolute Gasteiger partial charge is 0.389 e. The van der Waals surface area contributed by atoms with E-state index in [9.17, 15) is 5.11 Å². The first-order valence-corrected chi connectivity index (χ1v) is 6.46. The van der Waals surface area contributed by atoms with Crippen molar-refractivity contribution in [2.24, 2.45) is 4.99 Å². The van der Waals surface area contributed by atoms with E-state index in [-0.39, 0.29) is 6.61 Å². The molecule has 18 heavy (non-hydrogen) atoms. The van der Waals surface area contributed by atoms with Crippen LogP contribution in [0.25, 0.3) is 0 Å². The van der Waals surface area contributed by atoms with E-state index in [1.165, 1.54) is 11.8 Å². The van der Waals surface area contributed by atoms with E-state index in [1.807, 2.05) is 42.5 Å². The molecule has 3 nitrogen and oxygen atoms in total. The molecule has 0 radical (unpaired) electrons. The van der Waals surface area contributed by atoms with Gasteiger partial charge in [0.1, 0.15) is 0 Å².